The number of hydrogen-bond donors (Lipinski definition) is 3. The van der Waals surface area contributed by atoms with Crippen molar-refractivity contribution in [2.45, 2.75) is 25.4 Å². The Hall–Kier alpha value is -2.90. The molecular formula is C20H22ClN4O3+. The van der Waals surface area contributed by atoms with E-state index in [0.29, 0.717) is 10.6 Å². The molecule has 0 aromatic heterocycles. The zero-order valence-corrected chi connectivity index (χ0v) is 16.4. The van der Waals surface area contributed by atoms with E-state index >= 15 is 0 Å². The van der Waals surface area contributed by atoms with Crippen LogP contribution in [0.5, 0.6) is 0 Å². The van der Waals surface area contributed by atoms with Gasteiger partial charge in [0, 0.05) is 10.6 Å². The van der Waals surface area contributed by atoms with Gasteiger partial charge >= 0.3 is 6.03 Å². The number of nitrogens with two attached hydrogens (primary N) is 1. The number of benzene rings is 2. The van der Waals surface area contributed by atoms with Gasteiger partial charge in [0.05, 0.1) is 0 Å². The maximum absolute atomic E-state index is 12.8. The number of hydrazine groups is 1. The summed E-state index contributed by atoms with van der Waals surface area (Å²) in [5.74, 6) is -0.968. The van der Waals surface area contributed by atoms with Crippen LogP contribution in [-0.4, -0.2) is 29.4 Å². The van der Waals surface area contributed by atoms with Gasteiger partial charge in [-0.3, -0.25) is 15.0 Å². The summed E-state index contributed by atoms with van der Waals surface area (Å²) in [6.07, 6.45) is 0. The van der Waals surface area contributed by atoms with Crippen LogP contribution in [0.4, 0.5) is 4.79 Å². The second-order valence-electron chi connectivity index (χ2n) is 6.88. The molecule has 0 radical (unpaired) electrons. The maximum Gasteiger partial charge on any atom is 0.344 e. The van der Waals surface area contributed by atoms with Crippen molar-refractivity contribution in [1.82, 2.24) is 15.8 Å². The molecule has 1 saturated heterocycles. The monoisotopic (exact) mass is 401 g/mol. The first kappa shape index (κ1) is 19.9. The average Bonchev–Trinajstić information content (AvgIpc) is 2.91. The lowest BCUT2D eigenvalue weighted by atomic mass is 9.92. The summed E-state index contributed by atoms with van der Waals surface area (Å²) >= 11 is 5.88. The Bertz CT molecular complexity index is 888. The smallest absolute Gasteiger partial charge is 0.332 e. The van der Waals surface area contributed by atoms with Crippen LogP contribution in [0.15, 0.2) is 54.6 Å². The van der Waals surface area contributed by atoms with Crippen molar-refractivity contribution in [3.05, 3.63) is 70.7 Å². The number of carbonyl (C=O) groups is 3. The summed E-state index contributed by atoms with van der Waals surface area (Å²) in [6.45, 7) is 3.63. The minimum atomic E-state index is -1.22. The van der Waals surface area contributed by atoms with Crippen molar-refractivity contribution in [3.63, 3.8) is 0 Å². The molecule has 3 rings (SSSR count). The zero-order valence-electron chi connectivity index (χ0n) is 15.6. The number of imide groups is 1. The number of rotatable bonds is 6. The fourth-order valence-electron chi connectivity index (χ4n) is 3.06. The molecule has 146 valence electrons. The Labute approximate surface area is 168 Å². The van der Waals surface area contributed by atoms with Crippen molar-refractivity contribution in [3.8, 4) is 0 Å². The second-order valence-corrected chi connectivity index (χ2v) is 7.31. The number of carbonyl (C=O) groups excluding carboxylic acids is 3. The van der Waals surface area contributed by atoms with Crippen LogP contribution < -0.4 is 16.1 Å². The number of halogens is 1. The first-order chi connectivity index (χ1) is 13.3. The molecular weight excluding hydrogens is 380 g/mol. The third-order valence-electron chi connectivity index (χ3n) is 4.83. The minimum Gasteiger partial charge on any atom is -0.332 e. The van der Waals surface area contributed by atoms with Gasteiger partial charge in [0.25, 0.3) is 11.8 Å². The van der Waals surface area contributed by atoms with Gasteiger partial charge in [-0.1, -0.05) is 54.1 Å². The van der Waals surface area contributed by atoms with Gasteiger partial charge in [-0.15, -0.1) is 0 Å². The summed E-state index contributed by atoms with van der Waals surface area (Å²) in [6, 6.07) is 15.6. The van der Waals surface area contributed by atoms with E-state index in [-0.39, 0.29) is 12.6 Å². The fraction of sp³-hybridized carbons (Fsp3) is 0.250. The SMILES string of the molecule is C[C@@H]([NH2+]CC(=O)NN1C(=O)N[C@](C)(c2ccccc2)C1=O)c1ccc(Cl)cc1. The van der Waals surface area contributed by atoms with E-state index in [1.54, 1.807) is 43.3 Å². The van der Waals surface area contributed by atoms with Crippen LogP contribution in [0.1, 0.15) is 31.0 Å². The molecule has 2 aromatic carbocycles. The molecule has 1 heterocycles. The van der Waals surface area contributed by atoms with Crippen molar-refractivity contribution < 1.29 is 19.7 Å². The first-order valence-electron chi connectivity index (χ1n) is 8.92. The molecule has 2 aromatic rings. The van der Waals surface area contributed by atoms with Gasteiger partial charge in [0.2, 0.25) is 0 Å². The van der Waals surface area contributed by atoms with Gasteiger partial charge in [-0.05, 0) is 31.5 Å². The Morgan fingerprint density at radius 3 is 2.46 bits per heavy atom. The van der Waals surface area contributed by atoms with E-state index < -0.39 is 23.4 Å². The van der Waals surface area contributed by atoms with Gasteiger partial charge in [-0.25, -0.2) is 4.79 Å². The van der Waals surface area contributed by atoms with Gasteiger partial charge in [0.15, 0.2) is 6.54 Å². The lowest BCUT2D eigenvalue weighted by Crippen LogP contribution is -2.87. The average molecular weight is 402 g/mol. The predicted octanol–water partition coefficient (Wildman–Crippen LogP) is 1.46. The number of hydrogen-bond acceptors (Lipinski definition) is 3. The van der Waals surface area contributed by atoms with Crippen LogP contribution in [0.3, 0.4) is 0 Å². The summed E-state index contributed by atoms with van der Waals surface area (Å²) in [4.78, 5) is 37.3. The quantitative estimate of drug-likeness (QED) is 0.639. The Morgan fingerprint density at radius 1 is 1.18 bits per heavy atom. The molecule has 7 nitrogen and oxygen atoms in total. The number of quaternary nitrogens is 1. The van der Waals surface area contributed by atoms with Crippen molar-refractivity contribution in [2.75, 3.05) is 6.54 Å². The van der Waals surface area contributed by atoms with Crippen molar-refractivity contribution in [1.29, 1.82) is 0 Å². The van der Waals surface area contributed by atoms with Crippen LogP contribution in [0.25, 0.3) is 0 Å². The third-order valence-corrected chi connectivity index (χ3v) is 5.08. The fourth-order valence-corrected chi connectivity index (χ4v) is 3.19. The molecule has 0 spiro atoms. The molecule has 0 bridgehead atoms. The third kappa shape index (κ3) is 4.00. The topological polar surface area (TPSA) is 95.1 Å². The molecule has 8 heteroatoms. The lowest BCUT2D eigenvalue weighted by molar-refractivity contribution is -0.682. The van der Waals surface area contributed by atoms with E-state index in [0.717, 1.165) is 10.6 Å². The summed E-state index contributed by atoms with van der Waals surface area (Å²) in [7, 11) is 0. The summed E-state index contributed by atoms with van der Waals surface area (Å²) in [5, 5.41) is 5.85. The van der Waals surface area contributed by atoms with E-state index in [9.17, 15) is 14.4 Å². The van der Waals surface area contributed by atoms with Crippen molar-refractivity contribution >= 4 is 29.4 Å². The standard InChI is InChI=1S/C20H21ClN4O3/c1-13(14-8-10-16(21)11-9-14)22-12-17(26)24-25-18(27)20(2,23-19(25)28)15-6-4-3-5-7-15/h3-11,13,22H,12H2,1-2H3,(H,23,28)(H,24,26)/p+1/t13-,20-/m1/s1. The Morgan fingerprint density at radius 2 is 1.82 bits per heavy atom. The number of amides is 4. The molecule has 28 heavy (non-hydrogen) atoms. The van der Waals surface area contributed by atoms with E-state index in [1.807, 2.05) is 30.4 Å². The Balaban J connectivity index is 1.60. The predicted molar refractivity (Wildman–Crippen MR) is 104 cm³/mol. The molecule has 0 saturated carbocycles. The van der Waals surface area contributed by atoms with Crippen LogP contribution in [0, 0.1) is 0 Å². The first-order valence-corrected chi connectivity index (χ1v) is 9.29. The molecule has 0 unspecified atom stereocenters. The summed E-state index contributed by atoms with van der Waals surface area (Å²) < 4.78 is 0. The number of nitrogens with one attached hydrogen (secondary N) is 2. The molecule has 1 aliphatic rings. The number of urea groups is 1. The van der Waals surface area contributed by atoms with Crippen LogP contribution in [0.2, 0.25) is 5.02 Å². The normalized spacial score (nSPS) is 20.0. The minimum absolute atomic E-state index is 0.0145. The largest absolute Gasteiger partial charge is 0.344 e. The second kappa shape index (κ2) is 8.00. The molecule has 0 aliphatic carbocycles. The van der Waals surface area contributed by atoms with Crippen molar-refractivity contribution in [2.24, 2.45) is 0 Å². The molecule has 2 atom stereocenters. The molecule has 4 N–H and O–H groups in total. The molecule has 4 amide bonds. The summed E-state index contributed by atoms with van der Waals surface area (Å²) in [5.41, 5.74) is 2.85. The van der Waals surface area contributed by atoms with Crippen LogP contribution >= 0.6 is 11.6 Å². The van der Waals surface area contributed by atoms with Gasteiger partial charge < -0.3 is 10.6 Å². The highest BCUT2D eigenvalue weighted by Crippen LogP contribution is 2.27. The van der Waals surface area contributed by atoms with E-state index in [4.69, 9.17) is 11.6 Å². The van der Waals surface area contributed by atoms with E-state index in [1.165, 1.54) is 0 Å². The van der Waals surface area contributed by atoms with E-state index in [2.05, 4.69) is 10.7 Å². The lowest BCUT2D eigenvalue weighted by Gasteiger charge is -2.22. The molecule has 1 aliphatic heterocycles. The van der Waals surface area contributed by atoms with Crippen LogP contribution in [-0.2, 0) is 15.1 Å². The highest BCUT2D eigenvalue weighted by Gasteiger charge is 2.50. The highest BCUT2D eigenvalue weighted by atomic mass is 35.5. The Kier molecular flexibility index (Phi) is 5.67. The molecule has 1 fully saturated rings. The zero-order chi connectivity index (χ0) is 20.3. The highest BCUT2D eigenvalue weighted by molar-refractivity contribution is 6.30. The van der Waals surface area contributed by atoms with Gasteiger partial charge in [0.1, 0.15) is 11.6 Å². The number of nitrogens with zero attached hydrogens (tertiary/aromatic N) is 1. The van der Waals surface area contributed by atoms with Gasteiger partial charge in [-0.2, -0.15) is 5.01 Å². The maximum atomic E-state index is 12.8.